The molecule has 6 aromatic carbocycles. The van der Waals surface area contributed by atoms with E-state index in [0.717, 1.165) is 140 Å². The van der Waals surface area contributed by atoms with Crippen molar-refractivity contribution in [2.75, 3.05) is 33.0 Å². The van der Waals surface area contributed by atoms with E-state index in [4.69, 9.17) is 28.4 Å². The van der Waals surface area contributed by atoms with Crippen LogP contribution < -0.4 is 28.4 Å². The first kappa shape index (κ1) is 74.9. The third kappa shape index (κ3) is 29.4. The number of aliphatic hydroxyl groups is 1. The molecule has 1 N–H and O–H groups in total. The lowest BCUT2D eigenvalue weighted by Crippen LogP contribution is -2.18. The molecule has 0 spiro atoms. The van der Waals surface area contributed by atoms with Crippen molar-refractivity contribution in [3.05, 3.63) is 177 Å². The number of hydrogen-bond acceptors (Lipinski definition) is 7. The zero-order valence-corrected chi connectivity index (χ0v) is 58.1. The van der Waals surface area contributed by atoms with E-state index in [2.05, 4.69) is 101 Å². The third-order valence-corrected chi connectivity index (χ3v) is 16.3. The molecule has 1 atom stereocenters. The molecule has 0 amide bonds. The molecule has 94 heavy (non-hydrogen) atoms. The zero-order valence-electron chi connectivity index (χ0n) is 58.1. The highest BCUT2D eigenvalue weighted by Gasteiger charge is 2.25. The Kier molecular flexibility index (Phi) is 37.4. The first-order chi connectivity index (χ1) is 46.3. The van der Waals surface area contributed by atoms with Gasteiger partial charge in [0.15, 0.2) is 12.0 Å². The van der Waals surface area contributed by atoms with Crippen molar-refractivity contribution in [1.29, 1.82) is 0 Å². The van der Waals surface area contributed by atoms with Crippen LogP contribution in [0.1, 0.15) is 283 Å². The van der Waals surface area contributed by atoms with Gasteiger partial charge in [-0.2, -0.15) is 0 Å². The Hall–Kier alpha value is -8.12. The van der Waals surface area contributed by atoms with Gasteiger partial charge in [-0.15, -0.1) is 0 Å². The normalized spacial score (nSPS) is 10.8. The maximum Gasteiger partial charge on any atom is 0.197 e. The fourth-order valence-electron chi connectivity index (χ4n) is 10.5. The number of unbranched alkanes of at least 4 members (excludes halogenated alkanes) is 22. The lowest BCUT2D eigenvalue weighted by Gasteiger charge is -2.20. The minimum absolute atomic E-state index is 0.282. The highest BCUT2D eigenvalue weighted by Crippen LogP contribution is 2.36. The van der Waals surface area contributed by atoms with Gasteiger partial charge in [-0.1, -0.05) is 242 Å². The Balaban J connectivity index is 1.63. The summed E-state index contributed by atoms with van der Waals surface area (Å²) in [4.78, 5) is 0. The molecule has 0 saturated carbocycles. The molecule has 0 aromatic heterocycles. The van der Waals surface area contributed by atoms with Crippen LogP contribution in [-0.4, -0.2) is 44.4 Å². The number of aliphatic hydroxyl groups excluding tert-OH is 1. The minimum Gasteiger partial charge on any atom is -0.494 e. The highest BCUT2D eigenvalue weighted by molar-refractivity contribution is 5.78. The van der Waals surface area contributed by atoms with E-state index in [1.165, 1.54) is 96.3 Å². The highest BCUT2D eigenvalue weighted by atomic mass is 16.6. The van der Waals surface area contributed by atoms with Crippen molar-refractivity contribution in [1.82, 2.24) is 0 Å². The Morgan fingerprint density at radius 1 is 0.245 bits per heavy atom. The van der Waals surface area contributed by atoms with Gasteiger partial charge in [-0.3, -0.25) is 0 Å². The maximum absolute atomic E-state index is 12.3. The average molecular weight is 1270 g/mol. The molecular formula is C87H108O7. The van der Waals surface area contributed by atoms with Gasteiger partial charge in [-0.05, 0) is 160 Å². The van der Waals surface area contributed by atoms with Gasteiger partial charge in [0.25, 0.3) is 0 Å². The largest absolute Gasteiger partial charge is 0.494 e. The van der Waals surface area contributed by atoms with Gasteiger partial charge in [0.2, 0.25) is 0 Å². The van der Waals surface area contributed by atoms with Crippen molar-refractivity contribution >= 4 is 0 Å². The Labute approximate surface area is 568 Å². The number of ether oxygens (including phenoxy) is 6. The van der Waals surface area contributed by atoms with Gasteiger partial charge in [-0.25, -0.2) is 0 Å². The molecule has 0 bridgehead atoms. The summed E-state index contributed by atoms with van der Waals surface area (Å²) in [6, 6.07) is 39.6. The smallest absolute Gasteiger partial charge is 0.197 e. The van der Waals surface area contributed by atoms with E-state index < -0.39 is 6.29 Å². The van der Waals surface area contributed by atoms with Crippen LogP contribution >= 0.6 is 0 Å². The number of benzene rings is 6. The second-order valence-electron chi connectivity index (χ2n) is 24.5. The van der Waals surface area contributed by atoms with Crippen LogP contribution in [0.25, 0.3) is 0 Å². The average Bonchev–Trinajstić information content (AvgIpc) is 0.766. The summed E-state index contributed by atoms with van der Waals surface area (Å²) >= 11 is 0. The van der Waals surface area contributed by atoms with Crippen LogP contribution in [0, 0.1) is 59.2 Å². The first-order valence-electron chi connectivity index (χ1n) is 36.2. The van der Waals surface area contributed by atoms with Crippen molar-refractivity contribution < 1.29 is 33.5 Å². The summed E-state index contributed by atoms with van der Waals surface area (Å²) in [5, 5.41) is 12.3. The van der Waals surface area contributed by atoms with Crippen molar-refractivity contribution in [3.8, 4) is 93.7 Å². The summed E-state index contributed by atoms with van der Waals surface area (Å²) in [6.45, 7) is 16.6. The molecule has 6 rings (SSSR count). The summed E-state index contributed by atoms with van der Waals surface area (Å²) in [5.41, 5.74) is 6.19. The summed E-state index contributed by atoms with van der Waals surface area (Å²) < 4.78 is 37.9. The zero-order chi connectivity index (χ0) is 66.3. The van der Waals surface area contributed by atoms with Crippen LogP contribution in [0.15, 0.2) is 121 Å². The second kappa shape index (κ2) is 46.9. The minimum atomic E-state index is -1.21. The van der Waals surface area contributed by atoms with Gasteiger partial charge in [0.1, 0.15) is 28.7 Å². The van der Waals surface area contributed by atoms with E-state index in [0.29, 0.717) is 67.3 Å². The Morgan fingerprint density at radius 2 is 0.447 bits per heavy atom. The lowest BCUT2D eigenvalue weighted by molar-refractivity contribution is -0.0250. The predicted molar refractivity (Wildman–Crippen MR) is 391 cm³/mol. The second-order valence-corrected chi connectivity index (χ2v) is 24.5. The third-order valence-electron chi connectivity index (χ3n) is 16.3. The van der Waals surface area contributed by atoms with E-state index in [1.54, 1.807) is 0 Å². The van der Waals surface area contributed by atoms with E-state index in [9.17, 15) is 5.11 Å². The number of rotatable bonds is 41. The standard InChI is InChI=1S/C87H108O7/c1-7-13-19-25-26-27-28-29-35-86(88)94-87-84(64-49-74-42-57-79(58-43-74)92-69-33-23-17-11-5)82(62-47-72-38-53-77(54-39-72)90-67-31-21-15-9-3)81(61-46-71-36-51-76(52-37-71)89-66-30-20-14-8-2)83(63-48-73-40-55-78(56-41-73)91-68-32-22-16-10-4)85(87)65-50-75-44-59-80(60-45-75)93-70-34-24-18-12-6/h36-45,51-60,86,88H,7-35,66-70H2,1-6H3. The summed E-state index contributed by atoms with van der Waals surface area (Å²) in [5.74, 6) is 39.8. The van der Waals surface area contributed by atoms with Crippen LogP contribution in [0.2, 0.25) is 0 Å². The van der Waals surface area contributed by atoms with Gasteiger partial charge in [0.05, 0.1) is 60.9 Å². The fraction of sp³-hybridized carbons (Fsp3) is 0.471. The lowest BCUT2D eigenvalue weighted by atomic mass is 9.89. The Morgan fingerprint density at radius 3 is 0.691 bits per heavy atom. The fourth-order valence-corrected chi connectivity index (χ4v) is 10.5. The molecule has 7 nitrogen and oxygen atoms in total. The monoisotopic (exact) mass is 1260 g/mol. The molecule has 0 heterocycles. The molecule has 0 aliphatic carbocycles. The van der Waals surface area contributed by atoms with Crippen molar-refractivity contribution in [2.45, 2.75) is 234 Å². The first-order valence-corrected chi connectivity index (χ1v) is 36.2. The molecule has 0 aliphatic rings. The van der Waals surface area contributed by atoms with Crippen LogP contribution in [0.3, 0.4) is 0 Å². The summed E-state index contributed by atoms with van der Waals surface area (Å²) in [7, 11) is 0. The molecule has 6 aromatic rings. The van der Waals surface area contributed by atoms with E-state index >= 15 is 0 Å². The molecule has 0 saturated heterocycles. The van der Waals surface area contributed by atoms with E-state index in [1.807, 2.05) is 121 Å². The van der Waals surface area contributed by atoms with Gasteiger partial charge >= 0.3 is 0 Å². The maximum atomic E-state index is 12.3. The molecule has 7 heteroatoms. The number of hydrogen-bond donors (Lipinski definition) is 1. The molecule has 0 aliphatic heterocycles. The molecule has 0 radical (unpaired) electrons. The van der Waals surface area contributed by atoms with Crippen LogP contribution in [0.5, 0.6) is 34.5 Å². The SMILES string of the molecule is CCCCCCCCCCC(O)Oc1c(C#Cc2ccc(OCCCCCC)cc2)c(C#Cc2ccc(OCCCCCC)cc2)c(C#Cc2ccc(OCCCCCC)cc2)c(C#Cc2ccc(OCCCCCC)cc2)c1C#Cc1ccc(OCCCCCC)cc1. The quantitative estimate of drug-likeness (QED) is 0.0233. The molecule has 1 unspecified atom stereocenters. The molecule has 498 valence electrons. The molecular weight excluding hydrogens is 1160 g/mol. The van der Waals surface area contributed by atoms with Gasteiger partial charge < -0.3 is 33.5 Å². The molecule has 0 fully saturated rings. The topological polar surface area (TPSA) is 75.6 Å². The van der Waals surface area contributed by atoms with Crippen molar-refractivity contribution in [3.63, 3.8) is 0 Å². The van der Waals surface area contributed by atoms with Gasteiger partial charge in [0, 0.05) is 34.2 Å². The summed E-state index contributed by atoms with van der Waals surface area (Å²) in [6.07, 6.45) is 30.6. The van der Waals surface area contributed by atoms with Crippen LogP contribution in [-0.2, 0) is 0 Å². The van der Waals surface area contributed by atoms with E-state index in [-0.39, 0.29) is 5.75 Å². The van der Waals surface area contributed by atoms with Crippen molar-refractivity contribution in [2.24, 2.45) is 0 Å². The predicted octanol–water partition coefficient (Wildman–Crippen LogP) is 21.7. The van der Waals surface area contributed by atoms with Crippen LogP contribution in [0.4, 0.5) is 0 Å². The Bertz CT molecular complexity index is 3220.